The van der Waals surface area contributed by atoms with E-state index in [9.17, 15) is 9.59 Å². The van der Waals surface area contributed by atoms with Gasteiger partial charge in [0.05, 0.1) is 19.4 Å². The number of hydrogen-bond acceptors (Lipinski definition) is 7. The van der Waals surface area contributed by atoms with Gasteiger partial charge in [-0.1, -0.05) is 0 Å². The van der Waals surface area contributed by atoms with Gasteiger partial charge in [-0.15, -0.1) is 0 Å². The Morgan fingerprint density at radius 1 is 1.00 bits per heavy atom. The number of carbonyl (C=O) groups excluding carboxylic acids is 2. The van der Waals surface area contributed by atoms with Crippen molar-refractivity contribution in [1.82, 2.24) is 14.9 Å². The Kier molecular flexibility index (Phi) is 6.08. The maximum absolute atomic E-state index is 12.6. The number of nitrogens with two attached hydrogens (primary N) is 1. The summed E-state index contributed by atoms with van der Waals surface area (Å²) in [6, 6.07) is 7.08. The molecule has 30 heavy (non-hydrogen) atoms. The Morgan fingerprint density at radius 3 is 2.37 bits per heavy atom. The number of hydrogen-bond donors (Lipinski definition) is 2. The van der Waals surface area contributed by atoms with Gasteiger partial charge in [-0.25, -0.2) is 9.97 Å². The van der Waals surface area contributed by atoms with Crippen molar-refractivity contribution in [2.24, 2.45) is 5.73 Å². The minimum absolute atomic E-state index is 0.0189. The number of rotatable bonds is 5. The van der Waals surface area contributed by atoms with Crippen molar-refractivity contribution >= 4 is 29.1 Å². The number of carbonyl (C=O) groups is 2. The summed E-state index contributed by atoms with van der Waals surface area (Å²) in [6.07, 6.45) is 5.03. The third-order valence-electron chi connectivity index (χ3n) is 5.37. The molecule has 1 aromatic carbocycles. The van der Waals surface area contributed by atoms with Crippen LogP contribution in [0.2, 0.25) is 0 Å². The minimum atomic E-state index is -0.644. The maximum Gasteiger partial charge on any atom is 0.271 e. The number of morpholine rings is 1. The molecule has 4 rings (SSSR count). The number of ether oxygens (including phenoxy) is 1. The predicted octanol–water partition coefficient (Wildman–Crippen LogP) is 1.78. The van der Waals surface area contributed by atoms with Crippen LogP contribution in [-0.4, -0.2) is 66.1 Å². The first-order valence-corrected chi connectivity index (χ1v) is 10.3. The van der Waals surface area contributed by atoms with Crippen LogP contribution in [0.1, 0.15) is 40.1 Å². The van der Waals surface area contributed by atoms with Gasteiger partial charge in [0.2, 0.25) is 0 Å². The van der Waals surface area contributed by atoms with E-state index in [4.69, 9.17) is 10.5 Å². The van der Waals surface area contributed by atoms with E-state index in [0.29, 0.717) is 43.4 Å². The third-order valence-corrected chi connectivity index (χ3v) is 5.37. The molecule has 0 bridgehead atoms. The number of nitrogens with one attached hydrogen (secondary N) is 1. The van der Waals surface area contributed by atoms with E-state index in [2.05, 4.69) is 20.2 Å². The van der Waals surface area contributed by atoms with Crippen LogP contribution in [0.5, 0.6) is 0 Å². The van der Waals surface area contributed by atoms with Gasteiger partial charge in [-0.05, 0) is 43.5 Å². The lowest BCUT2D eigenvalue weighted by atomic mass is 10.1. The summed E-state index contributed by atoms with van der Waals surface area (Å²) in [5.41, 5.74) is 6.87. The molecule has 0 spiro atoms. The van der Waals surface area contributed by atoms with Crippen molar-refractivity contribution in [3.8, 4) is 0 Å². The molecule has 2 amide bonds. The van der Waals surface area contributed by atoms with Gasteiger partial charge in [0.1, 0.15) is 5.82 Å². The summed E-state index contributed by atoms with van der Waals surface area (Å²) in [5.74, 6) is 0.378. The lowest BCUT2D eigenvalue weighted by molar-refractivity contribution is 0.0303. The van der Waals surface area contributed by atoms with E-state index in [1.54, 1.807) is 35.4 Å². The second kappa shape index (κ2) is 9.08. The normalized spacial score (nSPS) is 16.9. The standard InChI is InChI=1S/C21H26N6O3/c22-19(28)18-20(25-17(14-23-18)26-8-2-1-3-9-26)24-16-6-4-15(5-7-16)21(29)27-10-12-30-13-11-27/h4-7,14H,1-3,8-13H2,(H2,22,28)(H,24,25). The Morgan fingerprint density at radius 2 is 1.70 bits per heavy atom. The van der Waals surface area contributed by atoms with Crippen LogP contribution in [0.4, 0.5) is 17.3 Å². The zero-order valence-corrected chi connectivity index (χ0v) is 16.8. The van der Waals surface area contributed by atoms with Gasteiger partial charge >= 0.3 is 0 Å². The zero-order valence-electron chi connectivity index (χ0n) is 16.8. The lowest BCUT2D eigenvalue weighted by Gasteiger charge is -2.28. The maximum atomic E-state index is 12.6. The molecule has 2 aliphatic rings. The first-order valence-electron chi connectivity index (χ1n) is 10.3. The zero-order chi connectivity index (χ0) is 20.9. The molecule has 0 unspecified atom stereocenters. The van der Waals surface area contributed by atoms with Crippen LogP contribution < -0.4 is 16.0 Å². The molecular formula is C21H26N6O3. The van der Waals surface area contributed by atoms with Gasteiger partial charge in [-0.2, -0.15) is 0 Å². The van der Waals surface area contributed by atoms with Crippen molar-refractivity contribution in [3.63, 3.8) is 0 Å². The third kappa shape index (κ3) is 4.51. The van der Waals surface area contributed by atoms with E-state index < -0.39 is 5.91 Å². The van der Waals surface area contributed by atoms with Gasteiger partial charge in [0.15, 0.2) is 11.5 Å². The highest BCUT2D eigenvalue weighted by atomic mass is 16.5. The van der Waals surface area contributed by atoms with Crippen molar-refractivity contribution in [3.05, 3.63) is 41.7 Å². The number of nitrogens with zero attached hydrogens (tertiary/aromatic N) is 4. The van der Waals surface area contributed by atoms with Crippen LogP contribution in [0.25, 0.3) is 0 Å². The quantitative estimate of drug-likeness (QED) is 0.772. The van der Waals surface area contributed by atoms with Gasteiger partial charge < -0.3 is 25.6 Å². The molecule has 158 valence electrons. The molecule has 0 radical (unpaired) electrons. The van der Waals surface area contributed by atoms with E-state index in [-0.39, 0.29) is 11.6 Å². The number of aromatic nitrogens is 2. The lowest BCUT2D eigenvalue weighted by Crippen LogP contribution is -2.40. The Labute approximate surface area is 175 Å². The summed E-state index contributed by atoms with van der Waals surface area (Å²) >= 11 is 0. The molecule has 2 fully saturated rings. The number of piperidine rings is 1. The average molecular weight is 410 g/mol. The monoisotopic (exact) mass is 410 g/mol. The number of amides is 2. The fourth-order valence-corrected chi connectivity index (χ4v) is 3.70. The average Bonchev–Trinajstić information content (AvgIpc) is 2.80. The molecule has 2 aromatic rings. The molecule has 0 aliphatic carbocycles. The topological polar surface area (TPSA) is 114 Å². The Balaban J connectivity index is 1.52. The van der Waals surface area contributed by atoms with Crippen LogP contribution in [0.15, 0.2) is 30.5 Å². The molecule has 2 saturated heterocycles. The number of benzene rings is 1. The predicted molar refractivity (Wildman–Crippen MR) is 113 cm³/mol. The van der Waals surface area contributed by atoms with Gasteiger partial charge in [0, 0.05) is 37.4 Å². The van der Waals surface area contributed by atoms with Crippen LogP contribution in [0.3, 0.4) is 0 Å². The highest BCUT2D eigenvalue weighted by Gasteiger charge is 2.20. The van der Waals surface area contributed by atoms with E-state index in [1.165, 1.54) is 6.42 Å². The van der Waals surface area contributed by atoms with E-state index in [1.807, 2.05) is 0 Å². The minimum Gasteiger partial charge on any atom is -0.378 e. The van der Waals surface area contributed by atoms with Crippen LogP contribution >= 0.6 is 0 Å². The fraction of sp³-hybridized carbons (Fsp3) is 0.429. The first-order chi connectivity index (χ1) is 14.6. The molecule has 0 atom stereocenters. The summed E-state index contributed by atoms with van der Waals surface area (Å²) < 4.78 is 5.30. The molecular weight excluding hydrogens is 384 g/mol. The van der Waals surface area contributed by atoms with Crippen molar-refractivity contribution in [2.45, 2.75) is 19.3 Å². The van der Waals surface area contributed by atoms with Crippen LogP contribution in [-0.2, 0) is 4.74 Å². The largest absolute Gasteiger partial charge is 0.378 e. The van der Waals surface area contributed by atoms with Gasteiger partial charge in [-0.3, -0.25) is 9.59 Å². The van der Waals surface area contributed by atoms with Crippen LogP contribution in [0, 0.1) is 0 Å². The first kappa shape index (κ1) is 20.1. The van der Waals surface area contributed by atoms with Gasteiger partial charge in [0.25, 0.3) is 11.8 Å². The highest BCUT2D eigenvalue weighted by molar-refractivity contribution is 5.97. The molecule has 9 nitrogen and oxygen atoms in total. The van der Waals surface area contributed by atoms with Crippen molar-refractivity contribution in [2.75, 3.05) is 49.6 Å². The molecule has 2 aliphatic heterocycles. The summed E-state index contributed by atoms with van der Waals surface area (Å²) in [6.45, 7) is 4.16. The second-order valence-electron chi connectivity index (χ2n) is 7.44. The SMILES string of the molecule is NC(=O)c1ncc(N2CCCCC2)nc1Nc1ccc(C(=O)N2CCOCC2)cc1. The molecule has 9 heteroatoms. The highest BCUT2D eigenvalue weighted by Crippen LogP contribution is 2.23. The molecule has 3 heterocycles. The Bertz CT molecular complexity index is 905. The van der Waals surface area contributed by atoms with E-state index in [0.717, 1.165) is 31.7 Å². The van der Waals surface area contributed by atoms with Crippen molar-refractivity contribution in [1.29, 1.82) is 0 Å². The molecule has 3 N–H and O–H groups in total. The summed E-state index contributed by atoms with van der Waals surface area (Å²) in [4.78, 5) is 37.2. The molecule has 1 aromatic heterocycles. The fourth-order valence-electron chi connectivity index (χ4n) is 3.70. The summed E-state index contributed by atoms with van der Waals surface area (Å²) in [5, 5.41) is 3.13. The Hall–Kier alpha value is -3.20. The van der Waals surface area contributed by atoms with Crippen molar-refractivity contribution < 1.29 is 14.3 Å². The smallest absolute Gasteiger partial charge is 0.271 e. The number of anilines is 3. The second-order valence-corrected chi connectivity index (χ2v) is 7.44. The van der Waals surface area contributed by atoms with E-state index >= 15 is 0 Å². The summed E-state index contributed by atoms with van der Waals surface area (Å²) in [7, 11) is 0. The number of primary amides is 1. The molecule has 0 saturated carbocycles.